The van der Waals surface area contributed by atoms with Crippen LogP contribution in [0.4, 0.5) is 0 Å². The largest absolute Gasteiger partial charge is 0.496 e. The van der Waals surface area contributed by atoms with Crippen LogP contribution in [0.5, 0.6) is 5.75 Å². The van der Waals surface area contributed by atoms with Crippen molar-refractivity contribution < 1.29 is 9.53 Å². The maximum absolute atomic E-state index is 12.5. The fourth-order valence-electron chi connectivity index (χ4n) is 5.47. The van der Waals surface area contributed by atoms with E-state index in [2.05, 4.69) is 48.5 Å². The Kier molecular flexibility index (Phi) is 5.98. The van der Waals surface area contributed by atoms with E-state index in [1.165, 1.54) is 29.5 Å². The molecule has 4 rings (SSSR count). The standard InChI is InChI=1S/C24H32N2O2S/c1-15-16(2)23(28-4)8-7-22(15)17(3)26-20-5-6-21(26)13-19(12-20)25-24(27)11-18-9-10-29-14-18/h7-10,14,17,19-21H,5-6,11-13H2,1-4H3,(H,25,27). The van der Waals surface area contributed by atoms with Crippen LogP contribution in [0.2, 0.25) is 0 Å². The molecule has 1 N–H and O–H groups in total. The highest BCUT2D eigenvalue weighted by atomic mass is 32.1. The first-order chi connectivity index (χ1) is 14.0. The zero-order valence-electron chi connectivity index (χ0n) is 17.9. The molecule has 3 heterocycles. The van der Waals surface area contributed by atoms with Crippen molar-refractivity contribution in [2.75, 3.05) is 7.11 Å². The quantitative estimate of drug-likeness (QED) is 0.742. The first kappa shape index (κ1) is 20.4. The van der Waals surface area contributed by atoms with E-state index in [1.54, 1.807) is 18.4 Å². The summed E-state index contributed by atoms with van der Waals surface area (Å²) >= 11 is 1.65. The summed E-state index contributed by atoms with van der Waals surface area (Å²) in [6.07, 6.45) is 5.09. The van der Waals surface area contributed by atoms with E-state index in [0.29, 0.717) is 30.6 Å². The number of rotatable bonds is 6. The van der Waals surface area contributed by atoms with Gasteiger partial charge in [-0.25, -0.2) is 0 Å². The third-order valence-corrected chi connectivity index (χ3v) is 7.73. The zero-order valence-corrected chi connectivity index (χ0v) is 18.7. The van der Waals surface area contributed by atoms with E-state index < -0.39 is 0 Å². The van der Waals surface area contributed by atoms with Gasteiger partial charge in [0.25, 0.3) is 0 Å². The number of fused-ring (bicyclic) bond motifs is 2. The zero-order chi connectivity index (χ0) is 20.5. The first-order valence-electron chi connectivity index (χ1n) is 10.7. The minimum atomic E-state index is 0.163. The molecule has 156 valence electrons. The van der Waals surface area contributed by atoms with Crippen LogP contribution in [0.3, 0.4) is 0 Å². The van der Waals surface area contributed by atoms with Crippen molar-refractivity contribution in [2.45, 2.75) is 77.0 Å². The number of ether oxygens (including phenoxy) is 1. The second-order valence-electron chi connectivity index (χ2n) is 8.66. The number of carbonyl (C=O) groups excluding carboxylic acids is 1. The van der Waals surface area contributed by atoms with Gasteiger partial charge >= 0.3 is 0 Å². The fraction of sp³-hybridized carbons (Fsp3) is 0.542. The van der Waals surface area contributed by atoms with Crippen molar-refractivity contribution in [3.8, 4) is 5.75 Å². The highest BCUT2D eigenvalue weighted by Crippen LogP contribution is 2.43. The Balaban J connectivity index is 1.43. The van der Waals surface area contributed by atoms with Gasteiger partial charge in [-0.2, -0.15) is 11.3 Å². The van der Waals surface area contributed by atoms with Crippen LogP contribution in [-0.2, 0) is 11.2 Å². The molecule has 0 aliphatic carbocycles. The molecule has 5 heteroatoms. The number of hydrogen-bond acceptors (Lipinski definition) is 4. The van der Waals surface area contributed by atoms with Crippen molar-refractivity contribution in [2.24, 2.45) is 0 Å². The van der Waals surface area contributed by atoms with Crippen LogP contribution in [-0.4, -0.2) is 36.0 Å². The third kappa shape index (κ3) is 4.08. The number of piperidine rings is 1. The first-order valence-corrected chi connectivity index (χ1v) is 11.6. The Labute approximate surface area is 178 Å². The minimum Gasteiger partial charge on any atom is -0.496 e. The van der Waals surface area contributed by atoms with E-state index in [-0.39, 0.29) is 5.91 Å². The van der Waals surface area contributed by atoms with Gasteiger partial charge in [-0.1, -0.05) is 6.07 Å². The Morgan fingerprint density at radius 3 is 2.55 bits per heavy atom. The van der Waals surface area contributed by atoms with Crippen molar-refractivity contribution in [3.63, 3.8) is 0 Å². The van der Waals surface area contributed by atoms with Crippen molar-refractivity contribution in [1.82, 2.24) is 10.2 Å². The lowest BCUT2D eigenvalue weighted by molar-refractivity contribution is -0.121. The maximum atomic E-state index is 12.5. The van der Waals surface area contributed by atoms with Crippen LogP contribution >= 0.6 is 11.3 Å². The summed E-state index contributed by atoms with van der Waals surface area (Å²) in [6, 6.07) is 8.18. The van der Waals surface area contributed by atoms with E-state index in [4.69, 9.17) is 4.74 Å². The summed E-state index contributed by atoms with van der Waals surface area (Å²) in [6.45, 7) is 6.70. The molecule has 29 heavy (non-hydrogen) atoms. The number of carbonyl (C=O) groups is 1. The summed E-state index contributed by atoms with van der Waals surface area (Å²) in [5.41, 5.74) is 5.09. The average molecular weight is 413 g/mol. The summed E-state index contributed by atoms with van der Waals surface area (Å²) in [4.78, 5) is 15.2. The average Bonchev–Trinajstić information content (AvgIpc) is 3.29. The number of thiophene rings is 1. The Morgan fingerprint density at radius 2 is 1.93 bits per heavy atom. The van der Waals surface area contributed by atoms with Gasteiger partial charge in [0.1, 0.15) is 5.75 Å². The summed E-state index contributed by atoms with van der Waals surface area (Å²) in [5, 5.41) is 7.41. The second kappa shape index (κ2) is 8.49. The van der Waals surface area contributed by atoms with Crippen molar-refractivity contribution >= 4 is 17.2 Å². The molecule has 2 saturated heterocycles. The van der Waals surface area contributed by atoms with Crippen LogP contribution in [0, 0.1) is 13.8 Å². The molecule has 2 aliphatic rings. The van der Waals surface area contributed by atoms with Crippen LogP contribution in [0.15, 0.2) is 29.0 Å². The smallest absolute Gasteiger partial charge is 0.224 e. The molecule has 1 aromatic heterocycles. The Hall–Kier alpha value is -1.85. The van der Waals surface area contributed by atoms with E-state index in [1.807, 2.05) is 11.4 Å². The molecule has 0 spiro atoms. The maximum Gasteiger partial charge on any atom is 0.224 e. The van der Waals surface area contributed by atoms with Crippen molar-refractivity contribution in [3.05, 3.63) is 51.2 Å². The highest BCUT2D eigenvalue weighted by Gasteiger charge is 2.43. The molecule has 2 aromatic rings. The molecule has 1 amide bonds. The molecule has 1 aromatic carbocycles. The molecular formula is C24H32N2O2S. The van der Waals surface area contributed by atoms with Gasteiger partial charge in [-0.3, -0.25) is 9.69 Å². The number of nitrogens with one attached hydrogen (secondary N) is 1. The number of nitrogens with zero attached hydrogens (tertiary/aromatic N) is 1. The summed E-state index contributed by atoms with van der Waals surface area (Å²) < 4.78 is 5.50. The Bertz CT molecular complexity index is 850. The highest BCUT2D eigenvalue weighted by molar-refractivity contribution is 7.08. The SMILES string of the molecule is COc1ccc(C(C)N2C3CCC2CC(NC(=O)Cc2ccsc2)C3)c(C)c1C. The minimum absolute atomic E-state index is 0.163. The lowest BCUT2D eigenvalue weighted by Gasteiger charge is -2.43. The molecule has 4 nitrogen and oxygen atoms in total. The fourth-order valence-corrected chi connectivity index (χ4v) is 6.14. The molecule has 2 bridgehead atoms. The lowest BCUT2D eigenvalue weighted by atomic mass is 9.91. The van der Waals surface area contributed by atoms with Crippen LogP contribution in [0.1, 0.15) is 60.9 Å². The van der Waals surface area contributed by atoms with Crippen molar-refractivity contribution in [1.29, 1.82) is 0 Å². The molecule has 2 aliphatic heterocycles. The number of amides is 1. The third-order valence-electron chi connectivity index (χ3n) is 7.00. The number of hydrogen-bond donors (Lipinski definition) is 1. The van der Waals surface area contributed by atoms with Gasteiger partial charge in [0.2, 0.25) is 5.91 Å². The van der Waals surface area contributed by atoms with E-state index in [0.717, 1.165) is 24.2 Å². The van der Waals surface area contributed by atoms with Gasteiger partial charge in [0, 0.05) is 24.2 Å². The second-order valence-corrected chi connectivity index (χ2v) is 9.44. The number of benzene rings is 1. The van der Waals surface area contributed by atoms with Gasteiger partial charge in [0.05, 0.1) is 13.5 Å². The lowest BCUT2D eigenvalue weighted by Crippen LogP contribution is -2.51. The van der Waals surface area contributed by atoms with Gasteiger partial charge in [-0.05, 0) is 91.6 Å². The predicted molar refractivity (Wildman–Crippen MR) is 119 cm³/mol. The van der Waals surface area contributed by atoms with E-state index in [9.17, 15) is 4.79 Å². The molecule has 3 unspecified atom stereocenters. The Morgan fingerprint density at radius 1 is 1.21 bits per heavy atom. The normalized spacial score (nSPS) is 25.0. The number of methoxy groups -OCH3 is 1. The molecule has 0 radical (unpaired) electrons. The topological polar surface area (TPSA) is 41.6 Å². The molecular weight excluding hydrogens is 380 g/mol. The summed E-state index contributed by atoms with van der Waals surface area (Å²) in [7, 11) is 1.74. The summed E-state index contributed by atoms with van der Waals surface area (Å²) in [5.74, 6) is 1.13. The molecule has 0 saturated carbocycles. The van der Waals surface area contributed by atoms with Gasteiger partial charge in [-0.15, -0.1) is 0 Å². The van der Waals surface area contributed by atoms with Crippen LogP contribution in [0.25, 0.3) is 0 Å². The van der Waals surface area contributed by atoms with E-state index >= 15 is 0 Å². The monoisotopic (exact) mass is 412 g/mol. The van der Waals surface area contributed by atoms with Gasteiger partial charge in [0.15, 0.2) is 0 Å². The van der Waals surface area contributed by atoms with Gasteiger partial charge < -0.3 is 10.1 Å². The predicted octanol–water partition coefficient (Wildman–Crippen LogP) is 4.79. The molecule has 3 atom stereocenters. The van der Waals surface area contributed by atoms with Crippen LogP contribution < -0.4 is 10.1 Å². The molecule has 2 fully saturated rings.